The summed E-state index contributed by atoms with van der Waals surface area (Å²) in [5.74, 6) is -1.21. The lowest BCUT2D eigenvalue weighted by Crippen LogP contribution is -2.34. The first-order valence-electron chi connectivity index (χ1n) is 6.27. The topological polar surface area (TPSA) is 29.5 Å². The van der Waals surface area contributed by atoms with Crippen LogP contribution < -0.4 is 0 Å². The lowest BCUT2D eigenvalue weighted by Gasteiger charge is -2.32. The standard InChI is InChI=1S/C12H21F3O2/c1-2-7-17-8-11(16)9-3-5-10(6-4-9)12(13,14)15/h9-11,16H,2-8H2,1H3. The maximum atomic E-state index is 12.4. The minimum Gasteiger partial charge on any atom is -0.390 e. The number of hydrogen-bond acceptors (Lipinski definition) is 2. The van der Waals surface area contributed by atoms with Crippen molar-refractivity contribution in [2.45, 2.75) is 51.3 Å². The third-order valence-electron chi connectivity index (χ3n) is 3.42. The summed E-state index contributed by atoms with van der Waals surface area (Å²) in [4.78, 5) is 0. The molecule has 1 N–H and O–H groups in total. The highest BCUT2D eigenvalue weighted by molar-refractivity contribution is 4.80. The van der Waals surface area contributed by atoms with Crippen LogP contribution in [-0.2, 0) is 4.74 Å². The van der Waals surface area contributed by atoms with Crippen molar-refractivity contribution in [2.75, 3.05) is 13.2 Å². The Bertz CT molecular complexity index is 210. The van der Waals surface area contributed by atoms with Crippen LogP contribution in [0.3, 0.4) is 0 Å². The fourth-order valence-electron chi connectivity index (χ4n) is 2.32. The predicted octanol–water partition coefficient (Wildman–Crippen LogP) is 3.14. The summed E-state index contributed by atoms with van der Waals surface area (Å²) in [6.45, 7) is 2.81. The van der Waals surface area contributed by atoms with E-state index in [-0.39, 0.29) is 25.4 Å². The van der Waals surface area contributed by atoms with E-state index in [0.29, 0.717) is 19.4 Å². The number of rotatable bonds is 5. The Morgan fingerprint density at radius 2 is 1.82 bits per heavy atom. The van der Waals surface area contributed by atoms with Crippen molar-refractivity contribution in [1.29, 1.82) is 0 Å². The van der Waals surface area contributed by atoms with E-state index in [1.165, 1.54) is 0 Å². The second kappa shape index (κ2) is 6.59. The number of ether oxygens (including phenoxy) is 1. The fourth-order valence-corrected chi connectivity index (χ4v) is 2.32. The summed E-state index contributed by atoms with van der Waals surface area (Å²) >= 11 is 0. The molecule has 0 radical (unpaired) electrons. The molecule has 102 valence electrons. The van der Waals surface area contributed by atoms with Gasteiger partial charge in [-0.15, -0.1) is 0 Å². The molecule has 1 fully saturated rings. The van der Waals surface area contributed by atoms with Crippen molar-refractivity contribution in [1.82, 2.24) is 0 Å². The van der Waals surface area contributed by atoms with Gasteiger partial charge in [-0.1, -0.05) is 6.92 Å². The van der Waals surface area contributed by atoms with Gasteiger partial charge in [-0.05, 0) is 38.0 Å². The van der Waals surface area contributed by atoms with Gasteiger partial charge in [-0.2, -0.15) is 13.2 Å². The molecule has 1 atom stereocenters. The largest absolute Gasteiger partial charge is 0.391 e. The normalized spacial score (nSPS) is 28.1. The second-order valence-corrected chi connectivity index (χ2v) is 4.80. The van der Waals surface area contributed by atoms with E-state index < -0.39 is 18.2 Å². The van der Waals surface area contributed by atoms with Crippen LogP contribution in [0.25, 0.3) is 0 Å². The summed E-state index contributed by atoms with van der Waals surface area (Å²) in [6, 6.07) is 0. The van der Waals surface area contributed by atoms with E-state index in [2.05, 4.69) is 0 Å². The zero-order valence-corrected chi connectivity index (χ0v) is 10.2. The van der Waals surface area contributed by atoms with Gasteiger partial charge in [0.25, 0.3) is 0 Å². The molecule has 0 heterocycles. The average molecular weight is 254 g/mol. The molecule has 0 aromatic heterocycles. The maximum Gasteiger partial charge on any atom is 0.391 e. The molecule has 5 heteroatoms. The SMILES string of the molecule is CCCOCC(O)C1CCC(C(F)(F)F)CC1. The van der Waals surface area contributed by atoms with Gasteiger partial charge in [0.1, 0.15) is 0 Å². The summed E-state index contributed by atoms with van der Waals surface area (Å²) in [5, 5.41) is 9.78. The van der Waals surface area contributed by atoms with Gasteiger partial charge in [-0.3, -0.25) is 0 Å². The highest BCUT2D eigenvalue weighted by atomic mass is 19.4. The number of aliphatic hydroxyl groups excluding tert-OH is 1. The molecule has 2 nitrogen and oxygen atoms in total. The first-order chi connectivity index (χ1) is 7.95. The number of halogens is 3. The van der Waals surface area contributed by atoms with Gasteiger partial charge in [0.05, 0.1) is 18.6 Å². The van der Waals surface area contributed by atoms with Crippen LogP contribution >= 0.6 is 0 Å². The third-order valence-corrected chi connectivity index (χ3v) is 3.42. The van der Waals surface area contributed by atoms with Crippen LogP contribution in [0.15, 0.2) is 0 Å². The molecule has 0 bridgehead atoms. The maximum absolute atomic E-state index is 12.4. The molecule has 0 aliphatic heterocycles. The number of hydrogen-bond donors (Lipinski definition) is 1. The summed E-state index contributed by atoms with van der Waals surface area (Å²) in [6.07, 6.45) is -2.64. The van der Waals surface area contributed by atoms with Crippen LogP contribution in [0, 0.1) is 11.8 Å². The van der Waals surface area contributed by atoms with Crippen molar-refractivity contribution in [3.63, 3.8) is 0 Å². The molecule has 1 aliphatic carbocycles. The Balaban J connectivity index is 2.26. The van der Waals surface area contributed by atoms with Gasteiger partial charge in [0.2, 0.25) is 0 Å². The van der Waals surface area contributed by atoms with E-state index in [4.69, 9.17) is 4.74 Å². The molecular formula is C12H21F3O2. The van der Waals surface area contributed by atoms with Crippen LogP contribution in [0.5, 0.6) is 0 Å². The molecule has 0 aromatic carbocycles. The van der Waals surface area contributed by atoms with Crippen LogP contribution in [0.4, 0.5) is 13.2 Å². The Morgan fingerprint density at radius 3 is 2.29 bits per heavy atom. The molecule has 0 spiro atoms. The molecule has 17 heavy (non-hydrogen) atoms. The van der Waals surface area contributed by atoms with Crippen LogP contribution in [0.1, 0.15) is 39.0 Å². The first kappa shape index (κ1) is 14.8. The van der Waals surface area contributed by atoms with Crippen molar-refractivity contribution < 1.29 is 23.0 Å². The molecule has 1 aliphatic rings. The average Bonchev–Trinajstić information content (AvgIpc) is 2.28. The first-order valence-corrected chi connectivity index (χ1v) is 6.27. The van der Waals surface area contributed by atoms with Gasteiger partial charge in [0.15, 0.2) is 0 Å². The molecule has 1 rings (SSSR count). The molecule has 0 amide bonds. The molecule has 1 saturated carbocycles. The van der Waals surface area contributed by atoms with Crippen molar-refractivity contribution in [3.05, 3.63) is 0 Å². The van der Waals surface area contributed by atoms with Crippen LogP contribution in [0.2, 0.25) is 0 Å². The summed E-state index contributed by atoms with van der Waals surface area (Å²) in [7, 11) is 0. The monoisotopic (exact) mass is 254 g/mol. The predicted molar refractivity (Wildman–Crippen MR) is 58.6 cm³/mol. The zero-order valence-electron chi connectivity index (χ0n) is 10.2. The van der Waals surface area contributed by atoms with Gasteiger partial charge in [0, 0.05) is 6.61 Å². The van der Waals surface area contributed by atoms with Gasteiger partial charge in [-0.25, -0.2) is 0 Å². The minimum absolute atomic E-state index is 0.0366. The van der Waals surface area contributed by atoms with E-state index >= 15 is 0 Å². The minimum atomic E-state index is -4.07. The summed E-state index contributed by atoms with van der Waals surface area (Å²) < 4.78 is 42.5. The van der Waals surface area contributed by atoms with Gasteiger partial charge < -0.3 is 9.84 Å². The van der Waals surface area contributed by atoms with E-state index in [1.807, 2.05) is 6.92 Å². The number of aliphatic hydroxyl groups is 1. The third kappa shape index (κ3) is 4.84. The quantitative estimate of drug-likeness (QED) is 0.764. The molecular weight excluding hydrogens is 233 g/mol. The second-order valence-electron chi connectivity index (χ2n) is 4.80. The Labute approximate surface area is 100 Å². The Kier molecular flexibility index (Phi) is 5.73. The van der Waals surface area contributed by atoms with E-state index in [1.54, 1.807) is 0 Å². The Morgan fingerprint density at radius 1 is 1.24 bits per heavy atom. The fraction of sp³-hybridized carbons (Fsp3) is 1.00. The number of alkyl halides is 3. The lowest BCUT2D eigenvalue weighted by atomic mass is 9.79. The van der Waals surface area contributed by atoms with Gasteiger partial charge >= 0.3 is 6.18 Å². The van der Waals surface area contributed by atoms with Crippen molar-refractivity contribution in [2.24, 2.45) is 11.8 Å². The van der Waals surface area contributed by atoms with E-state index in [9.17, 15) is 18.3 Å². The Hall–Kier alpha value is -0.290. The molecule has 0 saturated heterocycles. The van der Waals surface area contributed by atoms with E-state index in [0.717, 1.165) is 6.42 Å². The molecule has 0 aromatic rings. The van der Waals surface area contributed by atoms with Crippen molar-refractivity contribution >= 4 is 0 Å². The zero-order chi connectivity index (χ0) is 12.9. The van der Waals surface area contributed by atoms with Crippen LogP contribution in [-0.4, -0.2) is 30.6 Å². The molecule has 1 unspecified atom stereocenters. The smallest absolute Gasteiger partial charge is 0.390 e. The highest BCUT2D eigenvalue weighted by Crippen LogP contribution is 2.40. The summed E-state index contributed by atoms with van der Waals surface area (Å²) in [5.41, 5.74) is 0. The van der Waals surface area contributed by atoms with Crippen molar-refractivity contribution in [3.8, 4) is 0 Å². The highest BCUT2D eigenvalue weighted by Gasteiger charge is 2.42. The lowest BCUT2D eigenvalue weighted by molar-refractivity contribution is -0.186.